The maximum Gasteiger partial charge on any atom is 0.159 e. The number of hydrogen-bond donors (Lipinski definition) is 0. The Morgan fingerprint density at radius 3 is 0.933 bits per heavy atom. The van der Waals surface area contributed by atoms with Gasteiger partial charge in [-0.2, -0.15) is 0 Å². The van der Waals surface area contributed by atoms with E-state index in [1.165, 1.54) is 209 Å². The summed E-state index contributed by atoms with van der Waals surface area (Å²) in [6, 6.07) is 170. The molecule has 3 aliphatic carbocycles. The number of aromatic nitrogens is 5. The predicted molar refractivity (Wildman–Crippen MR) is 622 cm³/mol. The van der Waals surface area contributed by atoms with Gasteiger partial charge in [0, 0.05) is 125 Å². The fraction of sp³-hybridized carbons (Fsp3) is 0.0638. The Balaban J connectivity index is 0.000000104. The van der Waals surface area contributed by atoms with Crippen LogP contribution < -0.4 is 0 Å². The highest BCUT2D eigenvalue weighted by atomic mass is 16.3. The van der Waals surface area contributed by atoms with Gasteiger partial charge in [-0.25, -0.2) is 0 Å². The van der Waals surface area contributed by atoms with Gasteiger partial charge in [0.05, 0.1) is 66.5 Å². The van der Waals surface area contributed by atoms with E-state index in [0.717, 1.165) is 94.0 Å². The second-order valence-electron chi connectivity index (χ2n) is 42.3. The molecule has 0 N–H and O–H groups in total. The monoisotopic (exact) mass is 1910 g/mol. The largest absolute Gasteiger partial charge is 0.455 e. The van der Waals surface area contributed by atoms with Crippen molar-refractivity contribution in [2.75, 3.05) is 0 Å². The number of hydrogen-bond acceptors (Lipinski definition) is 3. The Hall–Kier alpha value is -18.8. The molecule has 149 heavy (non-hydrogen) atoms. The molecule has 0 atom stereocenters. The van der Waals surface area contributed by atoms with Crippen LogP contribution >= 0.6 is 0 Å². The van der Waals surface area contributed by atoms with Crippen molar-refractivity contribution in [3.63, 3.8) is 0 Å². The van der Waals surface area contributed by atoms with Crippen molar-refractivity contribution >= 4 is 175 Å². The maximum absolute atomic E-state index is 6.67. The summed E-state index contributed by atoms with van der Waals surface area (Å²) in [6.07, 6.45) is 0. The zero-order chi connectivity index (χ0) is 98.7. The van der Waals surface area contributed by atoms with Gasteiger partial charge in [-0.3, -0.25) is 0 Å². The number of benzene rings is 22. The third-order valence-electron chi connectivity index (χ3n) is 33.4. The van der Waals surface area contributed by atoms with Crippen molar-refractivity contribution in [3.8, 4) is 95.2 Å². The van der Waals surface area contributed by atoms with Gasteiger partial charge >= 0.3 is 0 Å². The van der Waals surface area contributed by atoms with Crippen LogP contribution in [0.2, 0.25) is 0 Å². The standard InChI is InChI=1S/C57H38N2O.C51H34N2O.C33H23NO/c1-57(2)48-20-9-6-15-41(48)44-29-32-52-54(55(44)57)47-34-37(36-25-30-50-46(33-36)42-16-7-10-21-49(42)58(50)38-13-4-3-5-14-38)26-31-51(47)59(52)39-27-23-35(24-28-39)40-18-12-19-45-43-17-8-11-22-53(43)60-56(40)45;1-51(2)41-19-9-6-15-34(41)37-25-28-45-48(49(37)51)40-30-32(24-27-44(40)53(45)46-21-12-18-38-36-17-8-11-22-47(36)54-50(38)46)31-23-26-43-39(29-31)35-16-7-10-20-42(35)52(43)33-13-4-3-5-14-33;1-33(2)26-14-6-3-10-20(26)23-18-19-24-21-11-4-7-15-27(21)34(31(24)30(23)33)28-16-9-13-25-22-12-5-8-17-29(22)35-32(25)28/h3-34H,1-2H3;3-30H,1-2H3;3-19H,1-2H3. The SMILES string of the molecule is CC1(C)c2ccccc2-c2ccc3c(c21)c1cc(-c2ccc4c(c2)c2ccccc2n4-c2ccccc2)ccc1n3-c1ccc(-c2cccc3c2oc2ccccc23)cc1.CC1(C)c2ccccc2-c2ccc3c(c21)c1cc(-c2ccc4c(c2)c2ccccc2n4-c2ccccc2)ccc1n3-c1cccc2c1oc1ccccc12.CC1(C)c2ccccc2-c2ccc3c4ccccc4n(-c4cccc5c4oc4ccccc45)c3c21. The molecule has 0 fully saturated rings. The number of fused-ring (bicyclic) bond motifs is 36. The highest BCUT2D eigenvalue weighted by molar-refractivity contribution is 6.22. The van der Waals surface area contributed by atoms with Gasteiger partial charge in [-0.05, 0) is 240 Å². The summed E-state index contributed by atoms with van der Waals surface area (Å²) in [5, 5.41) is 19.6. The first kappa shape index (κ1) is 84.7. The summed E-state index contributed by atoms with van der Waals surface area (Å²) in [4.78, 5) is 0. The molecule has 0 bridgehead atoms. The quantitative estimate of drug-likeness (QED) is 0.152. The van der Waals surface area contributed by atoms with Crippen LogP contribution in [0.4, 0.5) is 0 Å². The third kappa shape index (κ3) is 12.1. The summed E-state index contributed by atoms with van der Waals surface area (Å²) >= 11 is 0. The lowest BCUT2D eigenvalue weighted by molar-refractivity contribution is 0.660. The molecule has 0 unspecified atom stereocenters. The highest BCUT2D eigenvalue weighted by Gasteiger charge is 2.43. The van der Waals surface area contributed by atoms with Crippen LogP contribution in [0, 0.1) is 0 Å². The van der Waals surface area contributed by atoms with Crippen molar-refractivity contribution < 1.29 is 13.3 Å². The Morgan fingerprint density at radius 1 is 0.168 bits per heavy atom. The molecule has 0 saturated heterocycles. The summed E-state index contributed by atoms with van der Waals surface area (Å²) < 4.78 is 31.8. The van der Waals surface area contributed by atoms with Crippen LogP contribution in [-0.2, 0) is 16.2 Å². The molecule has 0 aliphatic heterocycles. The van der Waals surface area contributed by atoms with E-state index in [-0.39, 0.29) is 16.2 Å². The van der Waals surface area contributed by atoms with Gasteiger partial charge in [0.25, 0.3) is 0 Å². The highest BCUT2D eigenvalue weighted by Crippen LogP contribution is 2.59. The minimum absolute atomic E-state index is 0.112. The summed E-state index contributed by atoms with van der Waals surface area (Å²) in [7, 11) is 0. The lowest BCUT2D eigenvalue weighted by Crippen LogP contribution is -2.16. The Kier molecular flexibility index (Phi) is 18.0. The van der Waals surface area contributed by atoms with Gasteiger partial charge in [-0.1, -0.05) is 363 Å². The zero-order valence-corrected chi connectivity index (χ0v) is 82.9. The normalized spacial score (nSPS) is 13.6. The predicted octanol–water partition coefficient (Wildman–Crippen LogP) is 38.2. The van der Waals surface area contributed by atoms with E-state index < -0.39 is 0 Å². The molecule has 0 radical (unpaired) electrons. The first-order chi connectivity index (χ1) is 73.2. The molecule has 8 nitrogen and oxygen atoms in total. The molecule has 22 aromatic carbocycles. The lowest BCUT2D eigenvalue weighted by Gasteiger charge is -2.23. The van der Waals surface area contributed by atoms with Crippen molar-refractivity contribution in [2.45, 2.75) is 57.8 Å². The van der Waals surface area contributed by atoms with E-state index in [1.807, 2.05) is 18.2 Å². The first-order valence-electron chi connectivity index (χ1n) is 51.8. The number of rotatable bonds is 8. The average molecular weight is 1910 g/mol. The van der Waals surface area contributed by atoms with E-state index in [4.69, 9.17) is 13.3 Å². The summed E-state index contributed by atoms with van der Waals surface area (Å²) in [6.45, 7) is 14.3. The third-order valence-corrected chi connectivity index (χ3v) is 33.4. The second kappa shape index (κ2) is 31.6. The molecule has 8 heteroatoms. The fourth-order valence-corrected chi connectivity index (χ4v) is 26.8. The molecule has 30 aromatic rings. The molecule has 702 valence electrons. The molecule has 3 aliphatic rings. The molecule has 33 rings (SSSR count). The molecule has 0 amide bonds. The number of para-hydroxylation sites is 11. The van der Waals surface area contributed by atoms with Gasteiger partial charge < -0.3 is 36.1 Å². The second-order valence-corrected chi connectivity index (χ2v) is 42.3. The van der Waals surface area contributed by atoms with Crippen molar-refractivity contribution in [1.29, 1.82) is 0 Å². The smallest absolute Gasteiger partial charge is 0.159 e. The Labute approximate surface area is 858 Å². The minimum Gasteiger partial charge on any atom is -0.455 e. The topological polar surface area (TPSA) is 64.1 Å². The van der Waals surface area contributed by atoms with Crippen molar-refractivity contribution in [3.05, 3.63) is 500 Å². The molecule has 8 heterocycles. The van der Waals surface area contributed by atoms with E-state index in [1.54, 1.807) is 0 Å². The van der Waals surface area contributed by atoms with E-state index in [0.29, 0.717) is 0 Å². The van der Waals surface area contributed by atoms with E-state index >= 15 is 0 Å². The molecule has 0 saturated carbocycles. The first-order valence-corrected chi connectivity index (χ1v) is 51.8. The number of furan rings is 3. The minimum atomic E-state index is -0.176. The van der Waals surface area contributed by atoms with Gasteiger partial charge in [0.15, 0.2) is 11.2 Å². The van der Waals surface area contributed by atoms with Gasteiger partial charge in [0.2, 0.25) is 0 Å². The van der Waals surface area contributed by atoms with Crippen molar-refractivity contribution in [1.82, 2.24) is 22.8 Å². The fourth-order valence-electron chi connectivity index (χ4n) is 26.8. The van der Waals surface area contributed by atoms with Crippen LogP contribution in [0.25, 0.3) is 270 Å². The van der Waals surface area contributed by atoms with E-state index in [9.17, 15) is 0 Å². The average Bonchev–Trinajstić information content (AvgIpc) is 1.54. The van der Waals surface area contributed by atoms with E-state index in [2.05, 4.69) is 513 Å². The van der Waals surface area contributed by atoms with Crippen LogP contribution in [0.15, 0.2) is 480 Å². The van der Waals surface area contributed by atoms with Gasteiger partial charge in [0.1, 0.15) is 22.3 Å². The molecule has 0 spiro atoms. The lowest BCUT2D eigenvalue weighted by atomic mass is 9.80. The van der Waals surface area contributed by atoms with Gasteiger partial charge in [-0.15, -0.1) is 0 Å². The molecular formula is C141H95N5O3. The van der Waals surface area contributed by atoms with Crippen LogP contribution in [0.3, 0.4) is 0 Å². The summed E-state index contributed by atoms with van der Waals surface area (Å²) in [5.74, 6) is 0. The Morgan fingerprint density at radius 2 is 0.463 bits per heavy atom. The maximum atomic E-state index is 6.67. The van der Waals surface area contributed by atoms with Crippen molar-refractivity contribution in [2.24, 2.45) is 0 Å². The van der Waals surface area contributed by atoms with Crippen LogP contribution in [0.5, 0.6) is 0 Å². The number of nitrogens with zero attached hydrogens (tertiary/aromatic N) is 5. The Bertz CT molecular complexity index is 11000. The van der Waals surface area contributed by atoms with Crippen LogP contribution in [-0.4, -0.2) is 22.8 Å². The zero-order valence-electron chi connectivity index (χ0n) is 82.9. The molecular weight excluding hydrogens is 1810 g/mol. The van der Waals surface area contributed by atoms with Crippen LogP contribution in [0.1, 0.15) is 74.9 Å². The summed E-state index contributed by atoms with van der Waals surface area (Å²) in [5.41, 5.74) is 46.1. The molecule has 8 aromatic heterocycles.